The van der Waals surface area contributed by atoms with Crippen molar-refractivity contribution in [1.82, 2.24) is 9.29 Å². The van der Waals surface area contributed by atoms with E-state index in [1.54, 1.807) is 25.3 Å². The quantitative estimate of drug-likeness (QED) is 0.290. The molecule has 3 aliphatic heterocycles. The molecule has 3 aromatic rings. The zero-order valence-corrected chi connectivity index (χ0v) is 31.7. The number of methoxy groups -OCH3 is 1. The van der Waals surface area contributed by atoms with Gasteiger partial charge in [0, 0.05) is 48.4 Å². The lowest BCUT2D eigenvalue weighted by Gasteiger charge is -2.46. The Labute approximate surface area is 315 Å². The van der Waals surface area contributed by atoms with E-state index in [1.165, 1.54) is 21.8 Å². The van der Waals surface area contributed by atoms with Crippen LogP contribution in [0.3, 0.4) is 0 Å². The number of fused-ring (bicyclic) bond motifs is 5. The van der Waals surface area contributed by atoms with Crippen LogP contribution >= 0.6 is 11.6 Å². The van der Waals surface area contributed by atoms with E-state index in [0.717, 1.165) is 49.4 Å². The highest BCUT2D eigenvalue weighted by molar-refractivity contribution is 7.92. The van der Waals surface area contributed by atoms with Gasteiger partial charge in [-0.05, 0) is 104 Å². The average Bonchev–Trinajstić information content (AvgIpc) is 3.38. The van der Waals surface area contributed by atoms with E-state index in [9.17, 15) is 13.8 Å². The summed E-state index contributed by atoms with van der Waals surface area (Å²) in [6, 6.07) is 12.8. The summed E-state index contributed by atoms with van der Waals surface area (Å²) in [5.74, 6) is -1.36. The van der Waals surface area contributed by atoms with E-state index in [0.29, 0.717) is 49.5 Å². The second-order valence-electron chi connectivity index (χ2n) is 15.4. The molecule has 13 heteroatoms. The second kappa shape index (κ2) is 14.5. The van der Waals surface area contributed by atoms with Crippen LogP contribution in [0.2, 0.25) is 5.02 Å². The molecule has 2 bridgehead atoms. The number of halogens is 2. The highest BCUT2D eigenvalue weighted by Gasteiger charge is 2.44. The maximum absolute atomic E-state index is 15.4. The minimum Gasteiger partial charge on any atom is -0.490 e. The van der Waals surface area contributed by atoms with Crippen LogP contribution in [0.5, 0.6) is 5.75 Å². The van der Waals surface area contributed by atoms with Gasteiger partial charge in [0.15, 0.2) is 0 Å². The van der Waals surface area contributed by atoms with Crippen molar-refractivity contribution >= 4 is 39.0 Å². The van der Waals surface area contributed by atoms with Gasteiger partial charge in [0.2, 0.25) is 5.95 Å². The summed E-state index contributed by atoms with van der Waals surface area (Å²) in [6.07, 6.45) is 9.56. The Balaban J connectivity index is 1.19. The van der Waals surface area contributed by atoms with Crippen molar-refractivity contribution in [2.75, 3.05) is 44.1 Å². The highest BCUT2D eigenvalue weighted by atomic mass is 35.5. The Bertz CT molecular complexity index is 2090. The van der Waals surface area contributed by atoms with Gasteiger partial charge in [-0.3, -0.25) is 14.3 Å². The number of benzene rings is 2. The molecule has 53 heavy (non-hydrogen) atoms. The Kier molecular flexibility index (Phi) is 9.93. The first-order valence-electron chi connectivity index (χ1n) is 18.6. The van der Waals surface area contributed by atoms with Gasteiger partial charge in [-0.25, -0.2) is 4.21 Å². The number of carbonyl (C=O) groups is 2. The lowest BCUT2D eigenvalue weighted by atomic mass is 9.68. The maximum Gasteiger partial charge on any atom is 0.286 e. The molecule has 1 spiro atoms. The molecule has 1 aromatic heterocycles. The van der Waals surface area contributed by atoms with Crippen molar-refractivity contribution in [2.45, 2.75) is 70.1 Å². The fourth-order valence-electron chi connectivity index (χ4n) is 9.00. The number of carbonyl (C=O) groups excluding carboxylic acids is 2. The van der Waals surface area contributed by atoms with Crippen molar-refractivity contribution in [3.05, 3.63) is 93.5 Å². The Morgan fingerprint density at radius 3 is 2.85 bits per heavy atom. The Morgan fingerprint density at radius 2 is 2.06 bits per heavy atom. The van der Waals surface area contributed by atoms with E-state index in [4.69, 9.17) is 25.8 Å². The molecule has 6 atom stereocenters. The van der Waals surface area contributed by atoms with Crippen LogP contribution in [0.15, 0.2) is 59.0 Å². The first-order valence-corrected chi connectivity index (χ1v) is 20.7. The van der Waals surface area contributed by atoms with Crippen LogP contribution in [0.25, 0.3) is 0 Å². The third-order valence-electron chi connectivity index (χ3n) is 11.8. The summed E-state index contributed by atoms with van der Waals surface area (Å²) in [5, 5.41) is 0.723. The lowest BCUT2D eigenvalue weighted by molar-refractivity contribution is 0.0131. The molecule has 1 fully saturated rings. The van der Waals surface area contributed by atoms with Crippen molar-refractivity contribution in [2.24, 2.45) is 22.1 Å². The maximum atomic E-state index is 15.4. The number of ether oxygens (including phenoxy) is 3. The van der Waals surface area contributed by atoms with Crippen molar-refractivity contribution in [3.63, 3.8) is 0 Å². The molecule has 1 N–H and O–H groups in total. The topological polar surface area (TPSA) is 111 Å². The average molecular weight is 765 g/mol. The molecule has 2 aliphatic carbocycles. The first kappa shape index (κ1) is 36.3. The Morgan fingerprint density at radius 1 is 1.19 bits per heavy atom. The van der Waals surface area contributed by atoms with Gasteiger partial charge in [-0.15, -0.1) is 4.36 Å². The number of allylic oxidation sites excluding steroid dienone is 1. The molecule has 1 saturated carbocycles. The zero-order chi connectivity index (χ0) is 36.9. The molecular weight excluding hydrogens is 719 g/mol. The van der Waals surface area contributed by atoms with Gasteiger partial charge in [0.1, 0.15) is 15.7 Å². The molecule has 5 aliphatic rings. The minimum atomic E-state index is -3.71. The van der Waals surface area contributed by atoms with Crippen LogP contribution in [0.1, 0.15) is 76.6 Å². The van der Waals surface area contributed by atoms with Crippen molar-refractivity contribution in [1.29, 1.82) is 0 Å². The van der Waals surface area contributed by atoms with Crippen molar-refractivity contribution < 1.29 is 32.4 Å². The molecule has 10 nitrogen and oxygen atoms in total. The summed E-state index contributed by atoms with van der Waals surface area (Å²) < 4.78 is 56.2. The summed E-state index contributed by atoms with van der Waals surface area (Å²) in [7, 11) is -1.97. The summed E-state index contributed by atoms with van der Waals surface area (Å²) in [5.41, 5.74) is 3.46. The number of anilines is 1. The molecule has 2 amide bonds. The van der Waals surface area contributed by atoms with Gasteiger partial charge in [-0.2, -0.15) is 4.39 Å². The van der Waals surface area contributed by atoms with Gasteiger partial charge in [0.25, 0.3) is 11.8 Å². The third-order valence-corrected chi connectivity index (χ3v) is 14.1. The number of rotatable bonds is 3. The van der Waals surface area contributed by atoms with Gasteiger partial charge < -0.3 is 23.7 Å². The molecule has 0 saturated heterocycles. The molecule has 0 radical (unpaired) electrons. The summed E-state index contributed by atoms with van der Waals surface area (Å²) in [4.78, 5) is 30.0. The van der Waals surface area contributed by atoms with E-state index >= 15 is 4.39 Å². The molecule has 4 heterocycles. The van der Waals surface area contributed by atoms with Crippen LogP contribution in [-0.2, 0) is 44.4 Å². The molecule has 8 rings (SSSR count). The van der Waals surface area contributed by atoms with E-state index in [-0.39, 0.29) is 47.5 Å². The molecule has 2 aromatic carbocycles. The zero-order valence-electron chi connectivity index (χ0n) is 30.2. The first-order chi connectivity index (χ1) is 25.5. The van der Waals surface area contributed by atoms with Gasteiger partial charge in [-0.1, -0.05) is 36.7 Å². The van der Waals surface area contributed by atoms with E-state index in [2.05, 4.69) is 32.2 Å². The number of hydrogen-bond donors (Lipinski definition) is 1. The summed E-state index contributed by atoms with van der Waals surface area (Å²) in [6.45, 7) is 4.55. The third kappa shape index (κ3) is 7.03. The molecule has 282 valence electrons. The van der Waals surface area contributed by atoms with E-state index in [1.807, 2.05) is 19.1 Å². The second-order valence-corrected chi connectivity index (χ2v) is 17.9. The predicted molar refractivity (Wildman–Crippen MR) is 201 cm³/mol. The fourth-order valence-corrected chi connectivity index (χ4v) is 11.1. The smallest absolute Gasteiger partial charge is 0.286 e. The SMILES string of the molecule is CO[C@H]1/C=C/C[C@H](C)CS(=O)(NC(=O)c2cc3n(c2F)CCOC3)=NC(=O)c2ccc3c(c2)N(C[C@@H]2CC[C@H]21)C[C@@]1(CCCc2cc(Cl)ccc21)CO3. The largest absolute Gasteiger partial charge is 0.490 e. The van der Waals surface area contributed by atoms with Crippen LogP contribution in [0, 0.1) is 23.7 Å². The summed E-state index contributed by atoms with van der Waals surface area (Å²) >= 11 is 6.46. The normalized spacial score (nSPS) is 30.4. The minimum absolute atomic E-state index is 0.0995. The number of amides is 2. The van der Waals surface area contributed by atoms with Gasteiger partial charge in [0.05, 0.1) is 42.9 Å². The number of hydrogen-bond acceptors (Lipinski definition) is 7. The molecular formula is C40H46ClFN4O6S. The number of nitrogens with one attached hydrogen (secondary N) is 1. The highest BCUT2D eigenvalue weighted by Crippen LogP contribution is 2.47. The van der Waals surface area contributed by atoms with E-state index < -0.39 is 27.7 Å². The standard InChI is InChI=1S/C40H46ClFN4O6S/c1-25-5-3-7-35(50-2)31-11-8-28(31)20-45-23-40(14-4-6-26-17-29(41)10-12-33(26)40)24-52-36-13-9-27(18-34(36)45)38(47)43-53(49,22-25)44-39(48)32-19-30-21-51-16-15-46(30)37(32)42/h3,7,9-10,12-13,17-19,25,28,31,35H,4-6,8,11,14-16,20-24H2,1-2H3,(H,43,44,47,48,49)/b7-3+/t25-,28-,31+,35-,40-,53?/m0/s1. The number of aromatic nitrogens is 1. The fraction of sp³-hybridized carbons (Fsp3) is 0.500. The number of nitrogens with zero attached hydrogens (tertiary/aromatic N) is 3. The Hall–Kier alpha value is -3.71. The van der Waals surface area contributed by atoms with Crippen LogP contribution in [-0.4, -0.2) is 65.9 Å². The van der Waals surface area contributed by atoms with Crippen LogP contribution < -0.4 is 14.4 Å². The lowest BCUT2D eigenvalue weighted by Crippen LogP contribution is -2.49. The van der Waals surface area contributed by atoms with Crippen molar-refractivity contribution in [3.8, 4) is 5.75 Å². The molecule has 1 unspecified atom stereocenters. The van der Waals surface area contributed by atoms with Gasteiger partial charge >= 0.3 is 0 Å². The van der Waals surface area contributed by atoms with Crippen LogP contribution in [0.4, 0.5) is 10.1 Å². The number of aryl methyl sites for hydroxylation is 1. The monoisotopic (exact) mass is 764 g/mol. The predicted octanol–water partition coefficient (Wildman–Crippen LogP) is 6.87.